The number of carboxylic acids is 1. The average molecular weight is 228 g/mol. The molecule has 84 valence electrons. The maximum atomic E-state index is 11.0. The van der Waals surface area contributed by atoms with E-state index in [0.717, 1.165) is 5.01 Å². The van der Waals surface area contributed by atoms with E-state index in [-0.39, 0.29) is 0 Å². The van der Waals surface area contributed by atoms with Crippen LogP contribution in [0.3, 0.4) is 0 Å². The summed E-state index contributed by atoms with van der Waals surface area (Å²) in [5.41, 5.74) is 6.12. The number of hydrogen-bond acceptors (Lipinski definition) is 4. The molecule has 0 unspecified atom stereocenters. The van der Waals surface area contributed by atoms with Crippen molar-refractivity contribution in [3.05, 3.63) is 15.6 Å². The second-order valence-electron chi connectivity index (χ2n) is 3.83. The summed E-state index contributed by atoms with van der Waals surface area (Å²) in [6, 6.07) is 0. The van der Waals surface area contributed by atoms with Gasteiger partial charge in [-0.15, -0.1) is 11.3 Å². The molecule has 0 aromatic carbocycles. The summed E-state index contributed by atoms with van der Waals surface area (Å²) < 4.78 is 0. The Hall–Kier alpha value is -0.940. The van der Waals surface area contributed by atoms with Crippen LogP contribution < -0.4 is 5.73 Å². The summed E-state index contributed by atoms with van der Waals surface area (Å²) in [4.78, 5) is 15.6. The molecule has 1 aromatic rings. The predicted molar refractivity (Wildman–Crippen MR) is 60.4 cm³/mol. The molecule has 5 heteroatoms. The third kappa shape index (κ3) is 3.28. The van der Waals surface area contributed by atoms with Crippen molar-refractivity contribution in [2.75, 3.05) is 6.54 Å². The van der Waals surface area contributed by atoms with Gasteiger partial charge in [0.25, 0.3) is 0 Å². The van der Waals surface area contributed by atoms with Gasteiger partial charge in [-0.05, 0) is 18.9 Å². The normalized spacial score (nSPS) is 10.9. The summed E-state index contributed by atoms with van der Waals surface area (Å²) in [6.07, 6.45) is 1.37. The molecule has 0 saturated heterocycles. The zero-order valence-electron chi connectivity index (χ0n) is 8.99. The highest BCUT2D eigenvalue weighted by atomic mass is 32.1. The Morgan fingerprint density at radius 1 is 1.60 bits per heavy atom. The highest BCUT2D eigenvalue weighted by Gasteiger charge is 2.17. The first kappa shape index (κ1) is 12.1. The number of aromatic carboxylic acids is 1. The van der Waals surface area contributed by atoms with Gasteiger partial charge in [-0.1, -0.05) is 13.8 Å². The molecule has 0 aliphatic heterocycles. The maximum Gasteiger partial charge on any atom is 0.347 e. The molecule has 0 spiro atoms. The van der Waals surface area contributed by atoms with Crippen LogP contribution in [0, 0.1) is 5.92 Å². The summed E-state index contributed by atoms with van der Waals surface area (Å²) in [7, 11) is 0. The van der Waals surface area contributed by atoms with Crippen LogP contribution in [-0.2, 0) is 12.8 Å². The van der Waals surface area contributed by atoms with Crippen LogP contribution in [0.15, 0.2) is 0 Å². The molecule has 0 fully saturated rings. The van der Waals surface area contributed by atoms with Crippen LogP contribution in [0.1, 0.15) is 34.2 Å². The van der Waals surface area contributed by atoms with Gasteiger partial charge in [0, 0.05) is 6.42 Å². The fourth-order valence-electron chi connectivity index (χ4n) is 1.32. The molecule has 1 aromatic heterocycles. The van der Waals surface area contributed by atoms with Crippen molar-refractivity contribution < 1.29 is 9.90 Å². The Labute approximate surface area is 93.1 Å². The fraction of sp³-hybridized carbons (Fsp3) is 0.600. The zero-order valence-corrected chi connectivity index (χ0v) is 9.80. The number of hydrogen-bond donors (Lipinski definition) is 2. The molecule has 3 N–H and O–H groups in total. The van der Waals surface area contributed by atoms with Gasteiger partial charge < -0.3 is 10.8 Å². The first-order chi connectivity index (χ1) is 7.04. The van der Waals surface area contributed by atoms with Gasteiger partial charge in [-0.2, -0.15) is 0 Å². The van der Waals surface area contributed by atoms with Crippen LogP contribution in [0.4, 0.5) is 0 Å². The zero-order chi connectivity index (χ0) is 11.4. The van der Waals surface area contributed by atoms with Crippen molar-refractivity contribution >= 4 is 17.3 Å². The second-order valence-corrected chi connectivity index (χ2v) is 4.91. The summed E-state index contributed by atoms with van der Waals surface area (Å²) >= 11 is 1.24. The lowest BCUT2D eigenvalue weighted by atomic mass is 10.1. The predicted octanol–water partition coefficient (Wildman–Crippen LogP) is 1.54. The number of thiazole rings is 1. The van der Waals surface area contributed by atoms with Crippen LogP contribution in [-0.4, -0.2) is 22.6 Å². The van der Waals surface area contributed by atoms with Gasteiger partial charge in [-0.3, -0.25) is 0 Å². The minimum absolute atomic E-state index is 0.368. The van der Waals surface area contributed by atoms with E-state index < -0.39 is 5.97 Å². The molecule has 1 rings (SSSR count). The maximum absolute atomic E-state index is 11.0. The van der Waals surface area contributed by atoms with E-state index in [4.69, 9.17) is 10.8 Å². The van der Waals surface area contributed by atoms with E-state index in [1.54, 1.807) is 0 Å². The monoisotopic (exact) mass is 228 g/mol. The van der Waals surface area contributed by atoms with Gasteiger partial charge in [0.2, 0.25) is 0 Å². The lowest BCUT2D eigenvalue weighted by Gasteiger charge is -2.01. The SMILES string of the molecule is CC(C)Cc1nc(CCN)sc1C(=O)O. The summed E-state index contributed by atoms with van der Waals surface area (Å²) in [6.45, 7) is 4.61. The van der Waals surface area contributed by atoms with Crippen LogP contribution >= 0.6 is 11.3 Å². The van der Waals surface area contributed by atoms with Gasteiger partial charge >= 0.3 is 5.97 Å². The number of carbonyl (C=O) groups is 1. The second kappa shape index (κ2) is 5.23. The van der Waals surface area contributed by atoms with Crippen LogP contribution in [0.2, 0.25) is 0 Å². The smallest absolute Gasteiger partial charge is 0.347 e. The van der Waals surface area contributed by atoms with E-state index in [2.05, 4.69) is 4.98 Å². The topological polar surface area (TPSA) is 76.2 Å². The Kier molecular flexibility index (Phi) is 4.23. The van der Waals surface area contributed by atoms with E-state index in [9.17, 15) is 4.79 Å². The Balaban J connectivity index is 2.95. The number of carboxylic acid groups (broad SMARTS) is 1. The minimum Gasteiger partial charge on any atom is -0.477 e. The average Bonchev–Trinajstić information content (AvgIpc) is 2.47. The third-order valence-electron chi connectivity index (χ3n) is 1.90. The molecular formula is C10H16N2O2S. The number of rotatable bonds is 5. The van der Waals surface area contributed by atoms with Crippen molar-refractivity contribution in [1.82, 2.24) is 4.98 Å². The molecule has 0 atom stereocenters. The molecule has 4 nitrogen and oxygen atoms in total. The van der Waals surface area contributed by atoms with E-state index >= 15 is 0 Å². The highest BCUT2D eigenvalue weighted by Crippen LogP contribution is 2.21. The molecular weight excluding hydrogens is 212 g/mol. The van der Waals surface area contributed by atoms with E-state index in [0.29, 0.717) is 35.9 Å². The van der Waals surface area contributed by atoms with Gasteiger partial charge in [0.05, 0.1) is 10.7 Å². The molecule has 0 bridgehead atoms. The first-order valence-corrected chi connectivity index (χ1v) is 5.78. The molecule has 0 radical (unpaired) electrons. The molecule has 0 saturated carbocycles. The Morgan fingerprint density at radius 2 is 2.27 bits per heavy atom. The molecule has 1 heterocycles. The largest absolute Gasteiger partial charge is 0.477 e. The highest BCUT2D eigenvalue weighted by molar-refractivity contribution is 7.13. The van der Waals surface area contributed by atoms with E-state index in [1.807, 2.05) is 13.8 Å². The minimum atomic E-state index is -0.883. The fourth-order valence-corrected chi connectivity index (χ4v) is 2.27. The molecule has 0 amide bonds. The van der Waals surface area contributed by atoms with Crippen LogP contribution in [0.5, 0.6) is 0 Å². The third-order valence-corrected chi connectivity index (χ3v) is 3.04. The van der Waals surface area contributed by atoms with Crippen molar-refractivity contribution in [3.63, 3.8) is 0 Å². The van der Waals surface area contributed by atoms with Crippen molar-refractivity contribution in [3.8, 4) is 0 Å². The van der Waals surface area contributed by atoms with Crippen molar-refractivity contribution in [2.24, 2.45) is 11.7 Å². The summed E-state index contributed by atoms with van der Waals surface area (Å²) in [5, 5.41) is 9.82. The Morgan fingerprint density at radius 3 is 2.73 bits per heavy atom. The summed E-state index contributed by atoms with van der Waals surface area (Å²) in [5.74, 6) is -0.470. The van der Waals surface area contributed by atoms with Gasteiger partial charge in [0.1, 0.15) is 4.88 Å². The molecule has 0 aliphatic carbocycles. The quantitative estimate of drug-likeness (QED) is 0.801. The van der Waals surface area contributed by atoms with Gasteiger partial charge in [-0.25, -0.2) is 9.78 Å². The number of nitrogens with zero attached hydrogens (tertiary/aromatic N) is 1. The van der Waals surface area contributed by atoms with Gasteiger partial charge in [0.15, 0.2) is 0 Å². The van der Waals surface area contributed by atoms with Crippen molar-refractivity contribution in [2.45, 2.75) is 26.7 Å². The number of nitrogens with two attached hydrogens (primary N) is 1. The standard InChI is InChI=1S/C10H16N2O2S/c1-6(2)5-7-9(10(13)14)15-8(12-7)3-4-11/h6H,3-5,11H2,1-2H3,(H,13,14). The lowest BCUT2D eigenvalue weighted by molar-refractivity contribution is 0.0700. The Bertz CT molecular complexity index is 347. The molecule has 0 aliphatic rings. The first-order valence-electron chi connectivity index (χ1n) is 4.96. The number of aromatic nitrogens is 1. The molecule has 15 heavy (non-hydrogen) atoms. The van der Waals surface area contributed by atoms with Crippen molar-refractivity contribution in [1.29, 1.82) is 0 Å². The lowest BCUT2D eigenvalue weighted by Crippen LogP contribution is -2.04. The van der Waals surface area contributed by atoms with Crippen LogP contribution in [0.25, 0.3) is 0 Å². The van der Waals surface area contributed by atoms with E-state index in [1.165, 1.54) is 11.3 Å².